The fourth-order valence-corrected chi connectivity index (χ4v) is 1.49. The summed E-state index contributed by atoms with van der Waals surface area (Å²) in [6.07, 6.45) is 2.38. The van der Waals surface area contributed by atoms with Gasteiger partial charge in [0.15, 0.2) is 0 Å². The number of rotatable bonds is 7. The summed E-state index contributed by atoms with van der Waals surface area (Å²) in [7, 11) is 1.46. The lowest BCUT2D eigenvalue weighted by Crippen LogP contribution is -2.25. The van der Waals surface area contributed by atoms with Crippen LogP contribution in [0.4, 0.5) is 0 Å². The molecule has 0 aliphatic rings. The Balaban J connectivity index is 2.37. The molecule has 6 heteroatoms. The Morgan fingerprint density at radius 1 is 1.42 bits per heavy atom. The summed E-state index contributed by atoms with van der Waals surface area (Å²) < 4.78 is 9.79. The average Bonchev–Trinajstić information content (AvgIpc) is 2.43. The molecular formula is C13H18N2O4. The minimum absolute atomic E-state index is 0.254. The smallest absolute Gasteiger partial charge is 0.305 e. The van der Waals surface area contributed by atoms with Gasteiger partial charge in [0.05, 0.1) is 13.7 Å². The highest BCUT2D eigenvalue weighted by atomic mass is 16.5. The molecule has 0 fully saturated rings. The highest BCUT2D eigenvalue weighted by molar-refractivity contribution is 5.96. The van der Waals surface area contributed by atoms with E-state index in [1.54, 1.807) is 25.3 Å². The van der Waals surface area contributed by atoms with Gasteiger partial charge in [0.2, 0.25) is 5.88 Å². The van der Waals surface area contributed by atoms with Gasteiger partial charge in [-0.25, -0.2) is 4.98 Å². The second kappa shape index (κ2) is 8.07. The summed E-state index contributed by atoms with van der Waals surface area (Å²) in [6.45, 7) is 2.53. The van der Waals surface area contributed by atoms with Crippen molar-refractivity contribution in [2.45, 2.75) is 19.8 Å². The van der Waals surface area contributed by atoms with E-state index >= 15 is 0 Å². The molecule has 1 rings (SSSR count). The monoisotopic (exact) mass is 266 g/mol. The Morgan fingerprint density at radius 3 is 2.89 bits per heavy atom. The van der Waals surface area contributed by atoms with E-state index in [2.05, 4.69) is 10.3 Å². The minimum atomic E-state index is -0.270. The van der Waals surface area contributed by atoms with Crippen LogP contribution in [-0.4, -0.2) is 37.1 Å². The van der Waals surface area contributed by atoms with Gasteiger partial charge in [-0.2, -0.15) is 0 Å². The lowest BCUT2D eigenvalue weighted by molar-refractivity contribution is -0.143. The van der Waals surface area contributed by atoms with E-state index in [1.807, 2.05) is 0 Å². The van der Waals surface area contributed by atoms with Crippen LogP contribution in [0.25, 0.3) is 0 Å². The van der Waals surface area contributed by atoms with E-state index in [0.717, 1.165) is 0 Å². The SMILES string of the molecule is CCOC(=O)CCCNC(=O)c1cccnc1OC. The maximum atomic E-state index is 11.8. The molecule has 104 valence electrons. The topological polar surface area (TPSA) is 77.5 Å². The number of ether oxygens (including phenoxy) is 2. The van der Waals surface area contributed by atoms with E-state index < -0.39 is 0 Å². The predicted molar refractivity (Wildman–Crippen MR) is 69.0 cm³/mol. The molecule has 1 amide bonds. The van der Waals surface area contributed by atoms with Gasteiger partial charge in [-0.3, -0.25) is 9.59 Å². The van der Waals surface area contributed by atoms with Gasteiger partial charge >= 0.3 is 5.97 Å². The zero-order valence-corrected chi connectivity index (χ0v) is 11.1. The molecule has 0 atom stereocenters. The lowest BCUT2D eigenvalue weighted by atomic mass is 10.2. The molecule has 0 aromatic carbocycles. The number of carbonyl (C=O) groups is 2. The van der Waals surface area contributed by atoms with E-state index in [1.165, 1.54) is 7.11 Å². The van der Waals surface area contributed by atoms with Crippen molar-refractivity contribution in [3.05, 3.63) is 23.9 Å². The molecule has 0 unspecified atom stereocenters. The van der Waals surface area contributed by atoms with Crippen molar-refractivity contribution in [3.8, 4) is 5.88 Å². The Hall–Kier alpha value is -2.11. The molecule has 1 heterocycles. The summed E-state index contributed by atoms with van der Waals surface area (Å²) in [4.78, 5) is 26.9. The number of esters is 1. The molecule has 1 N–H and O–H groups in total. The second-order valence-electron chi connectivity index (χ2n) is 3.72. The summed E-state index contributed by atoms with van der Waals surface area (Å²) in [5, 5.41) is 2.70. The fraction of sp³-hybridized carbons (Fsp3) is 0.462. The first-order valence-corrected chi connectivity index (χ1v) is 6.11. The first kappa shape index (κ1) is 14.9. The van der Waals surface area contributed by atoms with Crippen molar-refractivity contribution in [2.75, 3.05) is 20.3 Å². The summed E-state index contributed by atoms with van der Waals surface area (Å²) in [5.74, 6) is -0.241. The molecule has 0 spiro atoms. The minimum Gasteiger partial charge on any atom is -0.480 e. The van der Waals surface area contributed by atoms with Crippen LogP contribution in [0, 0.1) is 0 Å². The van der Waals surface area contributed by atoms with Gasteiger partial charge < -0.3 is 14.8 Å². The molecule has 1 aromatic rings. The average molecular weight is 266 g/mol. The molecule has 0 bridgehead atoms. The van der Waals surface area contributed by atoms with Crippen molar-refractivity contribution in [3.63, 3.8) is 0 Å². The normalized spacial score (nSPS) is 9.79. The van der Waals surface area contributed by atoms with Crippen LogP contribution in [0.3, 0.4) is 0 Å². The van der Waals surface area contributed by atoms with Crippen LogP contribution < -0.4 is 10.1 Å². The summed E-state index contributed by atoms with van der Waals surface area (Å²) in [5.41, 5.74) is 0.376. The Kier molecular flexibility index (Phi) is 6.35. The number of amides is 1. The Bertz CT molecular complexity index is 434. The van der Waals surface area contributed by atoms with Crippen molar-refractivity contribution in [2.24, 2.45) is 0 Å². The third kappa shape index (κ3) is 4.95. The van der Waals surface area contributed by atoms with Crippen LogP contribution in [0.15, 0.2) is 18.3 Å². The summed E-state index contributed by atoms with van der Waals surface area (Å²) >= 11 is 0. The van der Waals surface area contributed by atoms with E-state index in [0.29, 0.717) is 25.1 Å². The number of methoxy groups -OCH3 is 1. The van der Waals surface area contributed by atoms with E-state index in [-0.39, 0.29) is 24.2 Å². The molecule has 0 saturated heterocycles. The van der Waals surface area contributed by atoms with Crippen molar-refractivity contribution in [1.29, 1.82) is 0 Å². The van der Waals surface area contributed by atoms with Gasteiger partial charge in [-0.1, -0.05) is 0 Å². The van der Waals surface area contributed by atoms with Crippen molar-refractivity contribution >= 4 is 11.9 Å². The molecule has 0 radical (unpaired) electrons. The number of nitrogens with one attached hydrogen (secondary N) is 1. The van der Waals surface area contributed by atoms with E-state index in [4.69, 9.17) is 9.47 Å². The number of aromatic nitrogens is 1. The molecule has 19 heavy (non-hydrogen) atoms. The van der Waals surface area contributed by atoms with E-state index in [9.17, 15) is 9.59 Å². The van der Waals surface area contributed by atoms with Gasteiger partial charge in [-0.05, 0) is 25.5 Å². The lowest BCUT2D eigenvalue weighted by Gasteiger charge is -2.07. The maximum Gasteiger partial charge on any atom is 0.305 e. The third-order valence-corrected chi connectivity index (χ3v) is 2.36. The molecule has 0 aliphatic carbocycles. The Labute approximate surface area is 112 Å². The second-order valence-corrected chi connectivity index (χ2v) is 3.72. The van der Waals surface area contributed by atoms with Crippen LogP contribution in [-0.2, 0) is 9.53 Å². The first-order valence-electron chi connectivity index (χ1n) is 6.11. The third-order valence-electron chi connectivity index (χ3n) is 2.36. The summed E-state index contributed by atoms with van der Waals surface area (Å²) in [6, 6.07) is 3.29. The molecular weight excluding hydrogens is 248 g/mol. The highest BCUT2D eigenvalue weighted by Crippen LogP contribution is 2.12. The van der Waals surface area contributed by atoms with Gasteiger partial charge in [-0.15, -0.1) is 0 Å². The van der Waals surface area contributed by atoms with Gasteiger partial charge in [0.25, 0.3) is 5.91 Å². The van der Waals surface area contributed by atoms with Crippen molar-refractivity contribution < 1.29 is 19.1 Å². The molecule has 0 aliphatic heterocycles. The standard InChI is InChI=1S/C13H18N2O4/c1-3-19-11(16)7-5-8-14-12(17)10-6-4-9-15-13(10)18-2/h4,6,9H,3,5,7-8H2,1-2H3,(H,14,17). The number of carbonyl (C=O) groups excluding carboxylic acids is 2. The fourth-order valence-electron chi connectivity index (χ4n) is 1.49. The number of pyridine rings is 1. The van der Waals surface area contributed by atoms with Crippen molar-refractivity contribution in [1.82, 2.24) is 10.3 Å². The Morgan fingerprint density at radius 2 is 2.21 bits per heavy atom. The highest BCUT2D eigenvalue weighted by Gasteiger charge is 2.12. The van der Waals surface area contributed by atoms with Gasteiger partial charge in [0.1, 0.15) is 5.56 Å². The quantitative estimate of drug-likeness (QED) is 0.592. The number of hydrogen-bond acceptors (Lipinski definition) is 5. The molecule has 0 saturated carbocycles. The zero-order valence-electron chi connectivity index (χ0n) is 11.1. The number of nitrogens with zero attached hydrogens (tertiary/aromatic N) is 1. The largest absolute Gasteiger partial charge is 0.480 e. The number of hydrogen-bond donors (Lipinski definition) is 1. The predicted octanol–water partition coefficient (Wildman–Crippen LogP) is 1.16. The van der Waals surface area contributed by atoms with Gasteiger partial charge in [0, 0.05) is 19.2 Å². The van der Waals surface area contributed by atoms with Crippen LogP contribution in [0.2, 0.25) is 0 Å². The first-order chi connectivity index (χ1) is 9.19. The van der Waals surface area contributed by atoms with Crippen LogP contribution in [0.5, 0.6) is 5.88 Å². The molecule has 1 aromatic heterocycles. The van der Waals surface area contributed by atoms with Crippen LogP contribution in [0.1, 0.15) is 30.1 Å². The zero-order chi connectivity index (χ0) is 14.1. The van der Waals surface area contributed by atoms with Crippen LogP contribution >= 0.6 is 0 Å². The maximum absolute atomic E-state index is 11.8. The molecule has 6 nitrogen and oxygen atoms in total.